The van der Waals surface area contributed by atoms with Crippen LogP contribution in [0.5, 0.6) is 11.5 Å². The van der Waals surface area contributed by atoms with Crippen LogP contribution in [0.3, 0.4) is 0 Å². The smallest absolute Gasteiger partial charge is 0.273 e. The summed E-state index contributed by atoms with van der Waals surface area (Å²) < 4.78 is 10.7. The van der Waals surface area contributed by atoms with Gasteiger partial charge in [-0.1, -0.05) is 35.4 Å². The van der Waals surface area contributed by atoms with Gasteiger partial charge in [0.05, 0.1) is 19.2 Å². The summed E-state index contributed by atoms with van der Waals surface area (Å²) in [6.07, 6.45) is 0. The van der Waals surface area contributed by atoms with Crippen LogP contribution in [-0.4, -0.2) is 37.0 Å². The van der Waals surface area contributed by atoms with Crippen LogP contribution < -0.4 is 9.47 Å². The molecule has 0 spiro atoms. The van der Waals surface area contributed by atoms with Crippen molar-refractivity contribution in [3.8, 4) is 11.5 Å². The van der Waals surface area contributed by atoms with E-state index in [1.807, 2.05) is 32.0 Å². The molecule has 0 aromatic heterocycles. The van der Waals surface area contributed by atoms with Crippen LogP contribution in [0, 0.1) is 13.8 Å². The number of halogens is 1. The molecule has 0 bridgehead atoms. The first-order valence-electron chi connectivity index (χ1n) is 8.53. The molecule has 0 saturated carbocycles. The fourth-order valence-electron chi connectivity index (χ4n) is 3.00. The van der Waals surface area contributed by atoms with E-state index in [1.165, 1.54) is 0 Å². The van der Waals surface area contributed by atoms with Gasteiger partial charge in [0.25, 0.3) is 11.8 Å². The SMILES string of the molecule is COc1ccc(OCCN2C(=O)C(Cl)=C(c3ccc(C)cc3C)C2=O)cc1. The van der Waals surface area contributed by atoms with E-state index in [0.717, 1.165) is 21.8 Å². The molecular weight excluding hydrogens is 366 g/mol. The van der Waals surface area contributed by atoms with Crippen LogP contribution >= 0.6 is 11.6 Å². The first kappa shape index (κ1) is 19.0. The number of amides is 2. The summed E-state index contributed by atoms with van der Waals surface area (Å²) in [5.74, 6) is 0.468. The first-order valence-corrected chi connectivity index (χ1v) is 8.90. The molecule has 0 unspecified atom stereocenters. The maximum Gasteiger partial charge on any atom is 0.273 e. The molecule has 0 aliphatic carbocycles. The normalized spacial score (nSPS) is 14.1. The third-order valence-electron chi connectivity index (χ3n) is 4.41. The second-order valence-corrected chi connectivity index (χ2v) is 6.67. The number of aryl methyl sites for hydroxylation is 2. The van der Waals surface area contributed by atoms with Gasteiger partial charge in [0.15, 0.2) is 0 Å². The zero-order chi connectivity index (χ0) is 19.6. The predicted octanol–water partition coefficient (Wildman–Crippen LogP) is 3.71. The van der Waals surface area contributed by atoms with Crippen molar-refractivity contribution >= 4 is 29.0 Å². The summed E-state index contributed by atoms with van der Waals surface area (Å²) >= 11 is 6.21. The molecule has 5 nitrogen and oxygen atoms in total. The minimum atomic E-state index is -0.491. The molecule has 140 valence electrons. The van der Waals surface area contributed by atoms with Crippen LogP contribution in [0.15, 0.2) is 47.5 Å². The summed E-state index contributed by atoms with van der Waals surface area (Å²) in [6, 6.07) is 12.8. The molecule has 0 fully saturated rings. The Morgan fingerprint density at radius 3 is 2.26 bits per heavy atom. The molecule has 0 N–H and O–H groups in total. The van der Waals surface area contributed by atoms with E-state index in [9.17, 15) is 9.59 Å². The van der Waals surface area contributed by atoms with Crippen LogP contribution in [0.25, 0.3) is 5.57 Å². The highest BCUT2D eigenvalue weighted by atomic mass is 35.5. The van der Waals surface area contributed by atoms with E-state index in [4.69, 9.17) is 21.1 Å². The number of hydrogen-bond donors (Lipinski definition) is 0. The maximum atomic E-state index is 12.8. The Balaban J connectivity index is 1.69. The summed E-state index contributed by atoms with van der Waals surface area (Å²) in [5.41, 5.74) is 2.92. The molecule has 27 heavy (non-hydrogen) atoms. The Hall–Kier alpha value is -2.79. The van der Waals surface area contributed by atoms with Crippen LogP contribution in [0.1, 0.15) is 16.7 Å². The number of hydrogen-bond acceptors (Lipinski definition) is 4. The molecule has 2 amide bonds. The van der Waals surface area contributed by atoms with Gasteiger partial charge < -0.3 is 9.47 Å². The number of imide groups is 1. The number of rotatable bonds is 6. The molecule has 2 aromatic rings. The number of ether oxygens (including phenoxy) is 2. The minimum Gasteiger partial charge on any atom is -0.497 e. The van der Waals surface area contributed by atoms with Gasteiger partial charge in [0.1, 0.15) is 23.1 Å². The van der Waals surface area contributed by atoms with E-state index < -0.39 is 11.8 Å². The molecule has 2 aromatic carbocycles. The lowest BCUT2D eigenvalue weighted by Crippen LogP contribution is -2.35. The van der Waals surface area contributed by atoms with Gasteiger partial charge in [0, 0.05) is 0 Å². The highest BCUT2D eigenvalue weighted by Gasteiger charge is 2.38. The van der Waals surface area contributed by atoms with Crippen LogP contribution in [-0.2, 0) is 9.59 Å². The third-order valence-corrected chi connectivity index (χ3v) is 4.76. The van der Waals surface area contributed by atoms with Crippen molar-refractivity contribution in [1.82, 2.24) is 4.90 Å². The number of carbonyl (C=O) groups excluding carboxylic acids is 2. The van der Waals surface area contributed by atoms with Gasteiger partial charge in [0.2, 0.25) is 0 Å². The molecule has 1 heterocycles. The zero-order valence-electron chi connectivity index (χ0n) is 15.4. The van der Waals surface area contributed by atoms with Crippen molar-refractivity contribution in [2.24, 2.45) is 0 Å². The lowest BCUT2D eigenvalue weighted by Gasteiger charge is -2.16. The number of methoxy groups -OCH3 is 1. The molecule has 0 saturated heterocycles. The predicted molar refractivity (Wildman–Crippen MR) is 104 cm³/mol. The second kappa shape index (κ2) is 7.84. The second-order valence-electron chi connectivity index (χ2n) is 6.29. The molecule has 0 radical (unpaired) electrons. The average Bonchev–Trinajstić information content (AvgIpc) is 2.86. The number of carbonyl (C=O) groups is 2. The lowest BCUT2D eigenvalue weighted by atomic mass is 9.99. The quantitative estimate of drug-likeness (QED) is 0.711. The van der Waals surface area contributed by atoms with Gasteiger partial charge in [-0.3, -0.25) is 14.5 Å². The van der Waals surface area contributed by atoms with Gasteiger partial charge in [-0.05, 0) is 49.2 Å². The summed E-state index contributed by atoms with van der Waals surface area (Å²) in [7, 11) is 1.59. The summed E-state index contributed by atoms with van der Waals surface area (Å²) in [5, 5.41) is -0.0450. The van der Waals surface area contributed by atoms with Crippen LogP contribution in [0.4, 0.5) is 0 Å². The molecule has 1 aliphatic heterocycles. The minimum absolute atomic E-state index is 0.0450. The van der Waals surface area contributed by atoms with Crippen molar-refractivity contribution in [2.45, 2.75) is 13.8 Å². The fourth-order valence-corrected chi connectivity index (χ4v) is 3.29. The van der Waals surface area contributed by atoms with Crippen molar-refractivity contribution < 1.29 is 19.1 Å². The standard InChI is InChI=1S/C21H20ClNO4/c1-13-4-9-17(14(2)12-13)18-19(22)21(25)23(20(18)24)10-11-27-16-7-5-15(26-3)6-8-16/h4-9,12H,10-11H2,1-3H3. The number of benzene rings is 2. The van der Waals surface area contributed by atoms with Crippen LogP contribution in [0.2, 0.25) is 0 Å². The van der Waals surface area contributed by atoms with Gasteiger partial charge in [-0.15, -0.1) is 0 Å². The van der Waals surface area contributed by atoms with Crippen molar-refractivity contribution in [3.05, 3.63) is 64.2 Å². The Bertz CT molecular complexity index is 918. The van der Waals surface area contributed by atoms with Crippen molar-refractivity contribution in [2.75, 3.05) is 20.3 Å². The monoisotopic (exact) mass is 385 g/mol. The maximum absolute atomic E-state index is 12.8. The Kier molecular flexibility index (Phi) is 5.51. The lowest BCUT2D eigenvalue weighted by molar-refractivity contribution is -0.137. The first-order chi connectivity index (χ1) is 12.9. The highest BCUT2D eigenvalue weighted by Crippen LogP contribution is 2.33. The molecule has 0 atom stereocenters. The van der Waals surface area contributed by atoms with E-state index in [1.54, 1.807) is 31.4 Å². The largest absolute Gasteiger partial charge is 0.497 e. The molecule has 3 rings (SSSR count). The van der Waals surface area contributed by atoms with Gasteiger partial charge >= 0.3 is 0 Å². The van der Waals surface area contributed by atoms with Crippen molar-refractivity contribution in [3.63, 3.8) is 0 Å². The Labute approximate surface area is 163 Å². The molecular formula is C21H20ClNO4. The Morgan fingerprint density at radius 2 is 1.63 bits per heavy atom. The van der Waals surface area contributed by atoms with E-state index >= 15 is 0 Å². The number of nitrogens with zero attached hydrogens (tertiary/aromatic N) is 1. The highest BCUT2D eigenvalue weighted by molar-refractivity contribution is 6.55. The molecule has 6 heteroatoms. The fraction of sp³-hybridized carbons (Fsp3) is 0.238. The van der Waals surface area contributed by atoms with Gasteiger partial charge in [-0.2, -0.15) is 0 Å². The summed E-state index contributed by atoms with van der Waals surface area (Å²) in [6.45, 7) is 4.16. The van der Waals surface area contributed by atoms with E-state index in [2.05, 4.69) is 0 Å². The Morgan fingerprint density at radius 1 is 0.963 bits per heavy atom. The average molecular weight is 386 g/mol. The molecule has 1 aliphatic rings. The topological polar surface area (TPSA) is 55.8 Å². The zero-order valence-corrected chi connectivity index (χ0v) is 16.2. The van der Waals surface area contributed by atoms with E-state index in [-0.39, 0.29) is 23.8 Å². The summed E-state index contributed by atoms with van der Waals surface area (Å²) in [4.78, 5) is 26.4. The van der Waals surface area contributed by atoms with Crippen molar-refractivity contribution in [1.29, 1.82) is 0 Å². The van der Waals surface area contributed by atoms with E-state index in [0.29, 0.717) is 11.3 Å². The van der Waals surface area contributed by atoms with Gasteiger partial charge in [-0.25, -0.2) is 0 Å². The third kappa shape index (κ3) is 3.83.